The van der Waals surface area contributed by atoms with Crippen LogP contribution in [0.1, 0.15) is 17.3 Å². The highest BCUT2D eigenvalue weighted by atomic mass is 16.5. The molecule has 0 saturated heterocycles. The number of benzene rings is 1. The third-order valence-corrected chi connectivity index (χ3v) is 2.28. The van der Waals surface area contributed by atoms with Crippen LogP contribution in [-0.2, 0) is 0 Å². The summed E-state index contributed by atoms with van der Waals surface area (Å²) in [6, 6.07) is 4.19. The molecule has 0 aliphatic carbocycles. The van der Waals surface area contributed by atoms with Gasteiger partial charge in [-0.1, -0.05) is 0 Å². The van der Waals surface area contributed by atoms with Gasteiger partial charge >= 0.3 is 6.03 Å². The molecular formula is C12H18N4O3. The fourth-order valence-electron chi connectivity index (χ4n) is 1.44. The molecule has 0 spiro atoms. The van der Waals surface area contributed by atoms with Crippen molar-refractivity contribution in [1.82, 2.24) is 10.6 Å². The first-order valence-corrected chi connectivity index (χ1v) is 5.88. The zero-order valence-corrected chi connectivity index (χ0v) is 10.7. The van der Waals surface area contributed by atoms with Crippen LogP contribution in [0.15, 0.2) is 18.2 Å². The van der Waals surface area contributed by atoms with E-state index in [0.29, 0.717) is 23.6 Å². The SMILES string of the molecule is CCOc1ccc(C(=O)NCCNC(N)=O)cc1N. The van der Waals surface area contributed by atoms with Crippen molar-refractivity contribution >= 4 is 17.6 Å². The Balaban J connectivity index is 2.53. The van der Waals surface area contributed by atoms with Crippen molar-refractivity contribution in [3.05, 3.63) is 23.8 Å². The van der Waals surface area contributed by atoms with Crippen molar-refractivity contribution in [3.63, 3.8) is 0 Å². The van der Waals surface area contributed by atoms with Gasteiger partial charge in [-0.25, -0.2) is 4.79 Å². The molecule has 1 aromatic carbocycles. The summed E-state index contributed by atoms with van der Waals surface area (Å²) in [7, 11) is 0. The molecule has 0 heterocycles. The summed E-state index contributed by atoms with van der Waals surface area (Å²) < 4.78 is 5.28. The molecular weight excluding hydrogens is 248 g/mol. The molecule has 7 nitrogen and oxygen atoms in total. The lowest BCUT2D eigenvalue weighted by molar-refractivity contribution is 0.0954. The topological polar surface area (TPSA) is 119 Å². The largest absolute Gasteiger partial charge is 0.492 e. The first-order chi connectivity index (χ1) is 9.04. The van der Waals surface area contributed by atoms with Gasteiger partial charge in [-0.05, 0) is 25.1 Å². The van der Waals surface area contributed by atoms with Gasteiger partial charge in [-0.15, -0.1) is 0 Å². The van der Waals surface area contributed by atoms with Crippen LogP contribution in [-0.4, -0.2) is 31.6 Å². The molecule has 0 fully saturated rings. The monoisotopic (exact) mass is 266 g/mol. The van der Waals surface area contributed by atoms with E-state index in [1.165, 1.54) is 0 Å². The average molecular weight is 266 g/mol. The third kappa shape index (κ3) is 4.74. The second-order valence-corrected chi connectivity index (χ2v) is 3.73. The van der Waals surface area contributed by atoms with Gasteiger partial charge in [0.15, 0.2) is 0 Å². The van der Waals surface area contributed by atoms with Crippen LogP contribution in [0.5, 0.6) is 5.75 Å². The number of nitrogens with two attached hydrogens (primary N) is 2. The number of carbonyl (C=O) groups is 2. The number of primary amides is 1. The van der Waals surface area contributed by atoms with E-state index in [0.717, 1.165) is 0 Å². The fraction of sp³-hybridized carbons (Fsp3) is 0.333. The normalized spacial score (nSPS) is 9.74. The maximum absolute atomic E-state index is 11.8. The minimum absolute atomic E-state index is 0.271. The van der Waals surface area contributed by atoms with Crippen LogP contribution in [0.25, 0.3) is 0 Å². The highest BCUT2D eigenvalue weighted by molar-refractivity contribution is 5.95. The molecule has 3 amide bonds. The number of urea groups is 1. The Labute approximate surface area is 111 Å². The van der Waals surface area contributed by atoms with E-state index in [9.17, 15) is 9.59 Å². The lowest BCUT2D eigenvalue weighted by Gasteiger charge is -2.09. The predicted octanol–water partition coefficient (Wildman–Crippen LogP) is 0.0656. The Morgan fingerprint density at radius 2 is 1.95 bits per heavy atom. The van der Waals surface area contributed by atoms with Crippen molar-refractivity contribution < 1.29 is 14.3 Å². The highest BCUT2D eigenvalue weighted by Crippen LogP contribution is 2.22. The highest BCUT2D eigenvalue weighted by Gasteiger charge is 2.08. The second kappa shape index (κ2) is 7.10. The van der Waals surface area contributed by atoms with Crippen LogP contribution >= 0.6 is 0 Å². The third-order valence-electron chi connectivity index (χ3n) is 2.28. The molecule has 0 unspecified atom stereocenters. The zero-order chi connectivity index (χ0) is 14.3. The van der Waals surface area contributed by atoms with Crippen molar-refractivity contribution in [3.8, 4) is 5.75 Å². The number of hydrogen-bond donors (Lipinski definition) is 4. The number of rotatable bonds is 6. The van der Waals surface area contributed by atoms with Crippen molar-refractivity contribution in [1.29, 1.82) is 0 Å². The summed E-state index contributed by atoms with van der Waals surface area (Å²) in [5, 5.41) is 5.00. The molecule has 1 aromatic rings. The Morgan fingerprint density at radius 1 is 1.26 bits per heavy atom. The average Bonchev–Trinajstić information content (AvgIpc) is 2.36. The maximum atomic E-state index is 11.8. The quantitative estimate of drug-likeness (QED) is 0.430. The lowest BCUT2D eigenvalue weighted by atomic mass is 10.1. The zero-order valence-electron chi connectivity index (χ0n) is 10.7. The van der Waals surface area contributed by atoms with Gasteiger partial charge in [-0.3, -0.25) is 4.79 Å². The Hall–Kier alpha value is -2.44. The maximum Gasteiger partial charge on any atom is 0.312 e. The van der Waals surface area contributed by atoms with Gasteiger partial charge in [0.1, 0.15) is 5.75 Å². The lowest BCUT2D eigenvalue weighted by Crippen LogP contribution is -2.37. The van der Waals surface area contributed by atoms with Gasteiger partial charge in [0.25, 0.3) is 5.91 Å². The summed E-state index contributed by atoms with van der Waals surface area (Å²) in [4.78, 5) is 22.2. The van der Waals surface area contributed by atoms with Crippen LogP contribution in [0.3, 0.4) is 0 Å². The molecule has 0 atom stereocenters. The van der Waals surface area contributed by atoms with Gasteiger partial charge in [-0.2, -0.15) is 0 Å². The molecule has 7 heteroatoms. The molecule has 0 saturated carbocycles. The van der Waals surface area contributed by atoms with Crippen LogP contribution < -0.4 is 26.8 Å². The second-order valence-electron chi connectivity index (χ2n) is 3.73. The minimum atomic E-state index is -0.625. The molecule has 19 heavy (non-hydrogen) atoms. The number of anilines is 1. The first-order valence-electron chi connectivity index (χ1n) is 5.88. The Morgan fingerprint density at radius 3 is 2.53 bits per heavy atom. The Bertz CT molecular complexity index is 462. The summed E-state index contributed by atoms with van der Waals surface area (Å²) in [5.41, 5.74) is 11.5. The molecule has 0 aliphatic heterocycles. The summed E-state index contributed by atoms with van der Waals surface area (Å²) in [6.07, 6.45) is 0. The number of hydrogen-bond acceptors (Lipinski definition) is 4. The van der Waals surface area contributed by atoms with E-state index in [4.69, 9.17) is 16.2 Å². The van der Waals surface area contributed by atoms with Crippen molar-refractivity contribution in [2.24, 2.45) is 5.73 Å². The molecule has 0 aliphatic rings. The molecule has 104 valence electrons. The van der Waals surface area contributed by atoms with Crippen molar-refractivity contribution in [2.45, 2.75) is 6.92 Å². The molecule has 0 radical (unpaired) electrons. The Kier molecular flexibility index (Phi) is 5.46. The summed E-state index contributed by atoms with van der Waals surface area (Å²) >= 11 is 0. The van der Waals surface area contributed by atoms with Gasteiger partial charge < -0.3 is 26.8 Å². The molecule has 6 N–H and O–H groups in total. The van der Waals surface area contributed by atoms with Crippen LogP contribution in [0.4, 0.5) is 10.5 Å². The minimum Gasteiger partial charge on any atom is -0.492 e. The number of ether oxygens (including phenoxy) is 1. The van der Waals surface area contributed by atoms with E-state index in [2.05, 4.69) is 10.6 Å². The smallest absolute Gasteiger partial charge is 0.312 e. The van der Waals surface area contributed by atoms with E-state index in [1.807, 2.05) is 6.92 Å². The van der Waals surface area contributed by atoms with Crippen LogP contribution in [0.2, 0.25) is 0 Å². The number of carbonyl (C=O) groups excluding carboxylic acids is 2. The predicted molar refractivity (Wildman–Crippen MR) is 71.9 cm³/mol. The first kappa shape index (κ1) is 14.6. The van der Waals surface area contributed by atoms with E-state index in [-0.39, 0.29) is 19.0 Å². The van der Waals surface area contributed by atoms with Crippen LogP contribution in [0, 0.1) is 0 Å². The van der Waals surface area contributed by atoms with E-state index in [1.54, 1.807) is 18.2 Å². The molecule has 0 bridgehead atoms. The summed E-state index contributed by atoms with van der Waals surface area (Å²) in [5.74, 6) is 0.274. The molecule has 1 rings (SSSR count). The number of nitrogen functional groups attached to an aromatic ring is 1. The van der Waals surface area contributed by atoms with Gasteiger partial charge in [0.05, 0.1) is 12.3 Å². The number of nitrogens with one attached hydrogen (secondary N) is 2. The van der Waals surface area contributed by atoms with Crippen molar-refractivity contribution in [2.75, 3.05) is 25.4 Å². The van der Waals surface area contributed by atoms with E-state index < -0.39 is 6.03 Å². The van der Waals surface area contributed by atoms with Gasteiger partial charge in [0.2, 0.25) is 0 Å². The standard InChI is InChI=1S/C12H18N4O3/c1-2-19-10-4-3-8(7-9(10)13)11(17)15-5-6-16-12(14)18/h3-4,7H,2,5-6,13H2,1H3,(H,15,17)(H3,14,16,18). The van der Waals surface area contributed by atoms with Gasteiger partial charge in [0, 0.05) is 18.7 Å². The van der Waals surface area contributed by atoms with E-state index >= 15 is 0 Å². The number of amides is 3. The fourth-order valence-corrected chi connectivity index (χ4v) is 1.44. The molecule has 0 aromatic heterocycles. The summed E-state index contributed by atoms with van der Waals surface area (Å²) in [6.45, 7) is 2.92.